The van der Waals surface area contributed by atoms with E-state index in [1.165, 1.54) is 6.92 Å². The lowest BCUT2D eigenvalue weighted by molar-refractivity contribution is -0.118. The van der Waals surface area contributed by atoms with Crippen LogP contribution in [-0.2, 0) is 14.6 Å². The van der Waals surface area contributed by atoms with Crippen LogP contribution in [0.2, 0.25) is 0 Å². The van der Waals surface area contributed by atoms with Gasteiger partial charge in [-0.25, -0.2) is 8.42 Å². The van der Waals surface area contributed by atoms with Crippen molar-refractivity contribution in [3.63, 3.8) is 0 Å². The third kappa shape index (κ3) is 5.03. The smallest absolute Gasteiger partial charge is 0.216 e. The number of carbonyl (C=O) groups excluding carboxylic acids is 1. The molecule has 1 aromatic rings. The number of hydrogen-bond donors (Lipinski definition) is 1. The molecule has 0 bridgehead atoms. The minimum Gasteiger partial charge on any atom is -0.356 e. The van der Waals surface area contributed by atoms with Crippen LogP contribution in [0.3, 0.4) is 0 Å². The van der Waals surface area contributed by atoms with E-state index in [9.17, 15) is 13.2 Å². The lowest BCUT2D eigenvalue weighted by atomic mass is 10.0. The molecular formula is C14H21NO3S. The molecule has 0 aliphatic rings. The summed E-state index contributed by atoms with van der Waals surface area (Å²) >= 11 is 0. The lowest BCUT2D eigenvalue weighted by Gasteiger charge is -2.08. The average Bonchev–Trinajstić information content (AvgIpc) is 2.34. The zero-order chi connectivity index (χ0) is 14.5. The maximum absolute atomic E-state index is 12.0. The number of sulfone groups is 1. The highest BCUT2D eigenvalue weighted by Crippen LogP contribution is 2.18. The highest BCUT2D eigenvalue weighted by atomic mass is 32.2. The predicted octanol–water partition coefficient (Wildman–Crippen LogP) is 2.11. The van der Waals surface area contributed by atoms with Crippen molar-refractivity contribution in [3.8, 4) is 0 Å². The molecular weight excluding hydrogens is 262 g/mol. The van der Waals surface area contributed by atoms with Gasteiger partial charge in [0.15, 0.2) is 9.84 Å². The Hall–Kier alpha value is -1.36. The monoisotopic (exact) mass is 283 g/mol. The van der Waals surface area contributed by atoms with Crippen molar-refractivity contribution in [1.29, 1.82) is 0 Å². The van der Waals surface area contributed by atoms with Gasteiger partial charge in [-0.3, -0.25) is 4.79 Å². The molecule has 0 heterocycles. The molecule has 4 nitrogen and oxygen atoms in total. The molecule has 0 saturated heterocycles. The van der Waals surface area contributed by atoms with Gasteiger partial charge in [-0.15, -0.1) is 0 Å². The maximum atomic E-state index is 12.0. The summed E-state index contributed by atoms with van der Waals surface area (Å²) in [7, 11) is -3.25. The first-order chi connectivity index (χ1) is 8.83. The van der Waals surface area contributed by atoms with Gasteiger partial charge >= 0.3 is 0 Å². The molecule has 1 N–H and O–H groups in total. The van der Waals surface area contributed by atoms with Crippen LogP contribution < -0.4 is 5.32 Å². The minimum absolute atomic E-state index is 0.0499. The van der Waals surface area contributed by atoms with Crippen LogP contribution in [0.25, 0.3) is 0 Å². The fourth-order valence-electron chi connectivity index (χ4n) is 1.70. The van der Waals surface area contributed by atoms with E-state index < -0.39 is 9.84 Å². The van der Waals surface area contributed by atoms with Crippen LogP contribution in [0.1, 0.15) is 38.7 Å². The summed E-state index contributed by atoms with van der Waals surface area (Å²) in [4.78, 5) is 11.0. The molecule has 19 heavy (non-hydrogen) atoms. The van der Waals surface area contributed by atoms with Gasteiger partial charge in [0.05, 0.1) is 10.6 Å². The minimum atomic E-state index is -3.25. The molecule has 0 aromatic heterocycles. The quantitative estimate of drug-likeness (QED) is 0.813. The second-order valence-corrected chi connectivity index (χ2v) is 6.99. The van der Waals surface area contributed by atoms with E-state index >= 15 is 0 Å². The number of nitrogens with one attached hydrogen (secondary N) is 1. The Kier molecular flexibility index (Phi) is 5.54. The van der Waals surface area contributed by atoms with E-state index in [1.807, 2.05) is 12.1 Å². The third-order valence-electron chi connectivity index (χ3n) is 2.87. The Bertz CT molecular complexity index is 518. The van der Waals surface area contributed by atoms with Crippen LogP contribution >= 0.6 is 0 Å². The van der Waals surface area contributed by atoms with Gasteiger partial charge in [-0.05, 0) is 30.0 Å². The molecule has 0 spiro atoms. The van der Waals surface area contributed by atoms with Gasteiger partial charge in [-0.1, -0.05) is 26.0 Å². The van der Waals surface area contributed by atoms with E-state index in [1.54, 1.807) is 12.1 Å². The van der Waals surface area contributed by atoms with Crippen molar-refractivity contribution in [2.75, 3.05) is 12.3 Å². The standard InChI is InChI=1S/C14H21NO3S/c1-11(2)13-5-7-14(8-6-13)19(17,18)10-4-9-15-12(3)16/h5-8,11H,4,9-10H2,1-3H3,(H,15,16). The molecule has 1 aromatic carbocycles. The zero-order valence-corrected chi connectivity index (χ0v) is 12.5. The summed E-state index contributed by atoms with van der Waals surface area (Å²) < 4.78 is 24.1. The van der Waals surface area contributed by atoms with Gasteiger partial charge in [0.1, 0.15) is 0 Å². The molecule has 0 radical (unpaired) electrons. The highest BCUT2D eigenvalue weighted by Gasteiger charge is 2.14. The lowest BCUT2D eigenvalue weighted by Crippen LogP contribution is -2.23. The van der Waals surface area contributed by atoms with Crippen LogP contribution in [-0.4, -0.2) is 26.6 Å². The number of carbonyl (C=O) groups is 1. The second kappa shape index (κ2) is 6.70. The van der Waals surface area contributed by atoms with Gasteiger partial charge < -0.3 is 5.32 Å². The molecule has 5 heteroatoms. The van der Waals surface area contributed by atoms with Crippen LogP contribution in [0.5, 0.6) is 0 Å². The van der Waals surface area contributed by atoms with Gasteiger partial charge in [-0.2, -0.15) is 0 Å². The Balaban J connectivity index is 2.64. The van der Waals surface area contributed by atoms with Crippen molar-refractivity contribution in [1.82, 2.24) is 5.32 Å². The van der Waals surface area contributed by atoms with Crippen molar-refractivity contribution in [2.45, 2.75) is 38.0 Å². The van der Waals surface area contributed by atoms with Crippen molar-refractivity contribution in [2.24, 2.45) is 0 Å². The maximum Gasteiger partial charge on any atom is 0.216 e. The van der Waals surface area contributed by atoms with E-state index in [-0.39, 0.29) is 11.7 Å². The number of hydrogen-bond acceptors (Lipinski definition) is 3. The predicted molar refractivity (Wildman–Crippen MR) is 75.9 cm³/mol. The Morgan fingerprint density at radius 1 is 1.21 bits per heavy atom. The van der Waals surface area contributed by atoms with E-state index in [2.05, 4.69) is 19.2 Å². The normalized spacial score (nSPS) is 11.6. The van der Waals surface area contributed by atoms with E-state index in [0.29, 0.717) is 23.8 Å². The summed E-state index contributed by atoms with van der Waals surface area (Å²) in [6.07, 6.45) is 0.424. The molecule has 1 rings (SSSR count). The second-order valence-electron chi connectivity index (χ2n) is 4.88. The van der Waals surface area contributed by atoms with Crippen LogP contribution in [0.15, 0.2) is 29.2 Å². The molecule has 0 aliphatic heterocycles. The van der Waals surface area contributed by atoms with E-state index in [4.69, 9.17) is 0 Å². The summed E-state index contributed by atoms with van der Waals surface area (Å²) in [5, 5.41) is 2.59. The Morgan fingerprint density at radius 2 is 1.79 bits per heavy atom. The van der Waals surface area contributed by atoms with E-state index in [0.717, 1.165) is 5.56 Å². The topological polar surface area (TPSA) is 63.2 Å². The Morgan fingerprint density at radius 3 is 2.26 bits per heavy atom. The fourth-order valence-corrected chi connectivity index (χ4v) is 3.02. The Labute approximate surface area is 115 Å². The molecule has 0 unspecified atom stereocenters. The molecule has 0 fully saturated rings. The summed E-state index contributed by atoms with van der Waals surface area (Å²) in [6, 6.07) is 7.02. The first-order valence-corrected chi connectivity index (χ1v) is 8.05. The number of benzene rings is 1. The number of rotatable bonds is 6. The van der Waals surface area contributed by atoms with Gasteiger partial charge in [0.25, 0.3) is 0 Å². The van der Waals surface area contributed by atoms with Crippen LogP contribution in [0.4, 0.5) is 0 Å². The summed E-state index contributed by atoms with van der Waals surface area (Å²) in [5.74, 6) is 0.295. The summed E-state index contributed by atoms with van der Waals surface area (Å²) in [5.41, 5.74) is 1.12. The molecule has 106 valence electrons. The van der Waals surface area contributed by atoms with Crippen molar-refractivity contribution in [3.05, 3.63) is 29.8 Å². The molecule has 0 atom stereocenters. The average molecular weight is 283 g/mol. The molecule has 1 amide bonds. The van der Waals surface area contributed by atoms with Crippen LogP contribution in [0, 0.1) is 0 Å². The van der Waals surface area contributed by atoms with Gasteiger partial charge in [0, 0.05) is 13.5 Å². The third-order valence-corrected chi connectivity index (χ3v) is 4.69. The van der Waals surface area contributed by atoms with Crippen molar-refractivity contribution >= 4 is 15.7 Å². The first kappa shape index (κ1) is 15.7. The summed E-state index contributed by atoms with van der Waals surface area (Å²) in [6.45, 7) is 5.94. The number of amides is 1. The largest absolute Gasteiger partial charge is 0.356 e. The fraction of sp³-hybridized carbons (Fsp3) is 0.500. The van der Waals surface area contributed by atoms with Gasteiger partial charge in [0.2, 0.25) is 5.91 Å². The first-order valence-electron chi connectivity index (χ1n) is 6.40. The molecule has 0 saturated carbocycles. The zero-order valence-electron chi connectivity index (χ0n) is 11.6. The molecule has 0 aliphatic carbocycles. The van der Waals surface area contributed by atoms with Crippen molar-refractivity contribution < 1.29 is 13.2 Å². The SMILES string of the molecule is CC(=O)NCCCS(=O)(=O)c1ccc(C(C)C)cc1. The highest BCUT2D eigenvalue weighted by molar-refractivity contribution is 7.91.